The topological polar surface area (TPSA) is 47.0 Å². The summed E-state index contributed by atoms with van der Waals surface area (Å²) >= 11 is 0. The lowest BCUT2D eigenvalue weighted by molar-refractivity contribution is 0.456. The molecule has 1 aromatic heterocycles. The third-order valence-electron chi connectivity index (χ3n) is 2.72. The Morgan fingerprint density at radius 3 is 2.72 bits per heavy atom. The molecule has 2 aromatic rings. The summed E-state index contributed by atoms with van der Waals surface area (Å²) in [7, 11) is 1.87. The van der Waals surface area contributed by atoms with Gasteiger partial charge in [-0.2, -0.15) is 0 Å². The van der Waals surface area contributed by atoms with Gasteiger partial charge in [-0.15, -0.1) is 0 Å². The fraction of sp³-hybridized carbons (Fsp3) is 0.286. The molecular weight excluding hydrogens is 226 g/mol. The predicted molar refractivity (Wildman–Crippen MR) is 70.8 cm³/mol. The van der Waals surface area contributed by atoms with E-state index in [0.717, 1.165) is 11.4 Å². The highest BCUT2D eigenvalue weighted by atomic mass is 16.5. The number of nitrogens with zero attached hydrogens (tertiary/aromatic N) is 2. The first-order valence-electron chi connectivity index (χ1n) is 5.89. The van der Waals surface area contributed by atoms with Gasteiger partial charge in [-0.3, -0.25) is 4.98 Å². The monoisotopic (exact) mass is 243 g/mol. The minimum absolute atomic E-state index is 0.519. The van der Waals surface area contributed by atoms with Crippen molar-refractivity contribution >= 4 is 0 Å². The smallest absolute Gasteiger partial charge is 0.238 e. The van der Waals surface area contributed by atoms with Gasteiger partial charge in [0.05, 0.1) is 11.9 Å². The molecule has 0 saturated heterocycles. The van der Waals surface area contributed by atoms with Crippen LogP contribution in [0.15, 0.2) is 30.6 Å². The summed E-state index contributed by atoms with van der Waals surface area (Å²) in [5.41, 5.74) is 3.31. The maximum Gasteiger partial charge on any atom is 0.238 e. The largest absolute Gasteiger partial charge is 0.437 e. The second kappa shape index (κ2) is 5.60. The average Bonchev–Trinajstić information content (AvgIpc) is 2.35. The van der Waals surface area contributed by atoms with Gasteiger partial charge < -0.3 is 10.1 Å². The summed E-state index contributed by atoms with van der Waals surface area (Å²) in [5.74, 6) is 1.31. The van der Waals surface area contributed by atoms with Crippen LogP contribution in [0.2, 0.25) is 0 Å². The van der Waals surface area contributed by atoms with Crippen LogP contribution in [0, 0.1) is 13.8 Å². The van der Waals surface area contributed by atoms with Gasteiger partial charge in [-0.1, -0.05) is 6.07 Å². The summed E-state index contributed by atoms with van der Waals surface area (Å²) < 4.78 is 5.70. The molecular formula is C14H17N3O. The van der Waals surface area contributed by atoms with Crippen molar-refractivity contribution in [2.45, 2.75) is 20.4 Å². The second-order valence-electron chi connectivity index (χ2n) is 4.23. The molecule has 0 unspecified atom stereocenters. The van der Waals surface area contributed by atoms with Crippen LogP contribution < -0.4 is 10.1 Å². The first-order valence-corrected chi connectivity index (χ1v) is 5.89. The average molecular weight is 243 g/mol. The molecule has 0 saturated carbocycles. The van der Waals surface area contributed by atoms with E-state index in [1.165, 1.54) is 11.1 Å². The van der Waals surface area contributed by atoms with Crippen LogP contribution in [-0.4, -0.2) is 17.0 Å². The maximum atomic E-state index is 5.70. The van der Waals surface area contributed by atoms with Gasteiger partial charge in [0.2, 0.25) is 5.88 Å². The normalized spacial score (nSPS) is 10.4. The van der Waals surface area contributed by atoms with Crippen LogP contribution in [0.5, 0.6) is 11.6 Å². The number of aromatic nitrogens is 2. The number of aryl methyl sites for hydroxylation is 2. The van der Waals surface area contributed by atoms with E-state index in [-0.39, 0.29) is 0 Å². The van der Waals surface area contributed by atoms with Gasteiger partial charge in [0.15, 0.2) is 0 Å². The zero-order valence-corrected chi connectivity index (χ0v) is 10.9. The molecule has 0 atom stereocenters. The van der Waals surface area contributed by atoms with Crippen molar-refractivity contribution in [3.63, 3.8) is 0 Å². The lowest BCUT2D eigenvalue weighted by Gasteiger charge is -2.07. The third kappa shape index (κ3) is 3.05. The zero-order valence-electron chi connectivity index (χ0n) is 10.9. The van der Waals surface area contributed by atoms with Crippen LogP contribution in [0.3, 0.4) is 0 Å². The molecule has 0 radical (unpaired) electrons. The molecule has 1 heterocycles. The van der Waals surface area contributed by atoms with E-state index < -0.39 is 0 Å². The van der Waals surface area contributed by atoms with Gasteiger partial charge in [-0.25, -0.2) is 4.98 Å². The Kier molecular flexibility index (Phi) is 3.89. The van der Waals surface area contributed by atoms with Gasteiger partial charge in [-0.05, 0) is 44.2 Å². The molecule has 2 rings (SSSR count). The van der Waals surface area contributed by atoms with Gasteiger partial charge in [0.1, 0.15) is 5.75 Å². The number of nitrogens with one attached hydrogen (secondary N) is 1. The molecule has 4 heteroatoms. The number of rotatable bonds is 4. The minimum atomic E-state index is 0.519. The molecule has 1 aromatic carbocycles. The minimum Gasteiger partial charge on any atom is -0.437 e. The number of hydrogen-bond acceptors (Lipinski definition) is 4. The van der Waals surface area contributed by atoms with Crippen molar-refractivity contribution in [2.75, 3.05) is 7.05 Å². The van der Waals surface area contributed by atoms with E-state index in [9.17, 15) is 0 Å². The summed E-state index contributed by atoms with van der Waals surface area (Å²) in [4.78, 5) is 8.47. The van der Waals surface area contributed by atoms with Crippen molar-refractivity contribution < 1.29 is 4.74 Å². The molecule has 0 bridgehead atoms. The summed E-state index contributed by atoms with van der Waals surface area (Å²) in [5, 5.41) is 3.03. The first-order chi connectivity index (χ1) is 8.69. The number of hydrogen-bond donors (Lipinski definition) is 1. The Bertz CT molecular complexity index is 540. The molecule has 4 nitrogen and oxygen atoms in total. The van der Waals surface area contributed by atoms with E-state index >= 15 is 0 Å². The second-order valence-corrected chi connectivity index (χ2v) is 4.23. The molecule has 1 N–H and O–H groups in total. The van der Waals surface area contributed by atoms with Crippen LogP contribution >= 0.6 is 0 Å². The molecule has 0 spiro atoms. The Balaban J connectivity index is 2.17. The van der Waals surface area contributed by atoms with Crippen molar-refractivity contribution in [3.8, 4) is 11.6 Å². The van der Waals surface area contributed by atoms with E-state index in [2.05, 4.69) is 29.1 Å². The molecule has 18 heavy (non-hydrogen) atoms. The van der Waals surface area contributed by atoms with Crippen LogP contribution in [-0.2, 0) is 6.54 Å². The molecule has 0 fully saturated rings. The molecule has 94 valence electrons. The third-order valence-corrected chi connectivity index (χ3v) is 2.72. The van der Waals surface area contributed by atoms with Gasteiger partial charge >= 0.3 is 0 Å². The van der Waals surface area contributed by atoms with Crippen molar-refractivity contribution in [1.82, 2.24) is 15.3 Å². The van der Waals surface area contributed by atoms with Crippen molar-refractivity contribution in [1.29, 1.82) is 0 Å². The lowest BCUT2D eigenvalue weighted by Crippen LogP contribution is -2.07. The summed E-state index contributed by atoms with van der Waals surface area (Å²) in [6.45, 7) is 4.81. The molecule has 0 amide bonds. The lowest BCUT2D eigenvalue weighted by atomic mass is 10.1. The van der Waals surface area contributed by atoms with E-state index in [1.807, 2.05) is 25.2 Å². The SMILES string of the molecule is CNCc1cncc(Oc2ccc(C)c(C)c2)n1. The van der Waals surface area contributed by atoms with E-state index in [4.69, 9.17) is 4.74 Å². The fourth-order valence-electron chi connectivity index (χ4n) is 1.60. The molecule has 0 aliphatic carbocycles. The van der Waals surface area contributed by atoms with E-state index in [0.29, 0.717) is 12.4 Å². The molecule has 0 aliphatic rings. The number of benzene rings is 1. The first kappa shape index (κ1) is 12.5. The predicted octanol–water partition coefficient (Wildman–Crippen LogP) is 2.61. The fourth-order valence-corrected chi connectivity index (χ4v) is 1.60. The highest BCUT2D eigenvalue weighted by molar-refractivity contribution is 5.35. The Hall–Kier alpha value is -1.94. The maximum absolute atomic E-state index is 5.70. The van der Waals surface area contributed by atoms with Crippen LogP contribution in [0.1, 0.15) is 16.8 Å². The van der Waals surface area contributed by atoms with Gasteiger partial charge in [0.25, 0.3) is 0 Å². The zero-order chi connectivity index (χ0) is 13.0. The van der Waals surface area contributed by atoms with Crippen LogP contribution in [0.25, 0.3) is 0 Å². The quantitative estimate of drug-likeness (QED) is 0.896. The Morgan fingerprint density at radius 1 is 1.17 bits per heavy atom. The Labute approximate surface area is 107 Å². The molecule has 0 aliphatic heterocycles. The van der Waals surface area contributed by atoms with Crippen molar-refractivity contribution in [3.05, 3.63) is 47.4 Å². The summed E-state index contributed by atoms with van der Waals surface area (Å²) in [6.07, 6.45) is 3.35. The Morgan fingerprint density at radius 2 is 2.00 bits per heavy atom. The van der Waals surface area contributed by atoms with Gasteiger partial charge in [0, 0.05) is 12.7 Å². The van der Waals surface area contributed by atoms with Crippen molar-refractivity contribution in [2.24, 2.45) is 0 Å². The standard InChI is InChI=1S/C14H17N3O/c1-10-4-5-13(6-11(10)2)18-14-9-16-8-12(17-14)7-15-3/h4-6,8-9,15H,7H2,1-3H3. The highest BCUT2D eigenvalue weighted by Gasteiger charge is 2.02. The highest BCUT2D eigenvalue weighted by Crippen LogP contribution is 2.21. The summed E-state index contributed by atoms with van der Waals surface area (Å²) in [6, 6.07) is 5.98. The number of ether oxygens (including phenoxy) is 1. The van der Waals surface area contributed by atoms with Crippen LogP contribution in [0.4, 0.5) is 0 Å². The van der Waals surface area contributed by atoms with E-state index in [1.54, 1.807) is 12.4 Å².